The zero-order valence-corrected chi connectivity index (χ0v) is 12.3. The lowest BCUT2D eigenvalue weighted by Crippen LogP contribution is -2.47. The quantitative estimate of drug-likeness (QED) is 0.560. The second-order valence-electron chi connectivity index (χ2n) is 4.86. The number of methoxy groups -OCH3 is 1. The van der Waals surface area contributed by atoms with E-state index in [4.69, 9.17) is 15.2 Å². The lowest BCUT2D eigenvalue weighted by atomic mass is 10.3. The number of rotatable bonds is 7. The van der Waals surface area contributed by atoms with Crippen LogP contribution in [-0.2, 0) is 9.53 Å². The summed E-state index contributed by atoms with van der Waals surface area (Å²) in [6.07, 6.45) is 0.943. The number of hydrogen-bond donors (Lipinski definition) is 1. The molecule has 0 spiro atoms. The number of carbonyl (C=O) groups excluding carboxylic acids is 1. The van der Waals surface area contributed by atoms with Crippen LogP contribution in [0.25, 0.3) is 0 Å². The van der Waals surface area contributed by atoms with Gasteiger partial charge in [-0.3, -0.25) is 4.90 Å². The van der Waals surface area contributed by atoms with Gasteiger partial charge >= 0.3 is 0 Å². The van der Waals surface area contributed by atoms with Crippen LogP contribution in [0.2, 0.25) is 0 Å². The van der Waals surface area contributed by atoms with Crippen molar-refractivity contribution in [2.24, 2.45) is 0 Å². The number of carbonyl (C=O) groups is 1. The van der Waals surface area contributed by atoms with Crippen LogP contribution in [0.1, 0.15) is 0 Å². The van der Waals surface area contributed by atoms with E-state index in [1.54, 1.807) is 7.11 Å². The van der Waals surface area contributed by atoms with Gasteiger partial charge in [-0.15, -0.1) is 0 Å². The molecule has 0 saturated carbocycles. The van der Waals surface area contributed by atoms with Gasteiger partial charge in [-0.1, -0.05) is 0 Å². The number of piperazine rings is 1. The summed E-state index contributed by atoms with van der Waals surface area (Å²) in [5.74, 6) is 1.29. The van der Waals surface area contributed by atoms with Crippen molar-refractivity contribution in [3.8, 4) is 5.88 Å². The molecule has 2 rings (SSSR count). The molecular weight excluding hydrogens is 272 g/mol. The van der Waals surface area contributed by atoms with Crippen molar-refractivity contribution in [3.63, 3.8) is 0 Å². The molecule has 0 bridgehead atoms. The van der Waals surface area contributed by atoms with Crippen LogP contribution in [0.4, 0.5) is 11.5 Å². The predicted octanol–water partition coefficient (Wildman–Crippen LogP) is 0.00990. The normalized spacial score (nSPS) is 16.0. The molecule has 0 atom stereocenters. The van der Waals surface area contributed by atoms with Crippen molar-refractivity contribution in [1.29, 1.82) is 0 Å². The van der Waals surface area contributed by atoms with E-state index >= 15 is 0 Å². The van der Waals surface area contributed by atoms with E-state index in [0.29, 0.717) is 31.3 Å². The molecule has 1 aliphatic heterocycles. The Labute approximate surface area is 124 Å². The summed E-state index contributed by atoms with van der Waals surface area (Å²) in [4.78, 5) is 19.3. The van der Waals surface area contributed by atoms with Gasteiger partial charge in [0, 0.05) is 33.3 Å². The van der Waals surface area contributed by atoms with E-state index in [2.05, 4.69) is 14.8 Å². The standard InChI is InChI=1S/C14H22N4O3/c1-20-10-11-21-14-12(15)2-3-13(16-14)18-6-4-17(5-7-18)8-9-19/h2-3,9H,4-8,10-11,15H2,1H3. The Bertz CT molecular complexity index is 462. The zero-order chi connectivity index (χ0) is 15.1. The van der Waals surface area contributed by atoms with Gasteiger partial charge in [0.25, 0.3) is 0 Å². The maximum absolute atomic E-state index is 10.5. The summed E-state index contributed by atoms with van der Waals surface area (Å²) >= 11 is 0. The molecule has 0 amide bonds. The van der Waals surface area contributed by atoms with Gasteiger partial charge in [0.2, 0.25) is 5.88 Å². The van der Waals surface area contributed by atoms with Crippen molar-refractivity contribution < 1.29 is 14.3 Å². The SMILES string of the molecule is COCCOc1nc(N2CCN(CC=O)CC2)ccc1N. The molecule has 116 valence electrons. The molecule has 0 aromatic carbocycles. The Morgan fingerprint density at radius 1 is 1.29 bits per heavy atom. The van der Waals surface area contributed by atoms with E-state index in [9.17, 15) is 4.79 Å². The first-order valence-electron chi connectivity index (χ1n) is 7.03. The summed E-state index contributed by atoms with van der Waals surface area (Å²) in [5.41, 5.74) is 6.39. The first-order chi connectivity index (χ1) is 10.2. The maximum atomic E-state index is 10.5. The van der Waals surface area contributed by atoms with E-state index in [1.165, 1.54) is 0 Å². The number of nitrogen functional groups attached to an aromatic ring is 1. The van der Waals surface area contributed by atoms with Gasteiger partial charge in [-0.2, -0.15) is 4.98 Å². The second-order valence-corrected chi connectivity index (χ2v) is 4.86. The fraction of sp³-hybridized carbons (Fsp3) is 0.571. The number of ether oxygens (including phenoxy) is 2. The Balaban J connectivity index is 1.97. The number of aldehydes is 1. The number of pyridine rings is 1. The fourth-order valence-electron chi connectivity index (χ4n) is 2.22. The molecule has 1 aromatic rings. The Hall–Kier alpha value is -1.86. The predicted molar refractivity (Wildman–Crippen MR) is 80.7 cm³/mol. The molecule has 7 heteroatoms. The molecule has 2 N–H and O–H groups in total. The Morgan fingerprint density at radius 3 is 2.71 bits per heavy atom. The zero-order valence-electron chi connectivity index (χ0n) is 12.3. The van der Waals surface area contributed by atoms with Crippen LogP contribution in [0.15, 0.2) is 12.1 Å². The van der Waals surface area contributed by atoms with E-state index in [1.807, 2.05) is 12.1 Å². The molecule has 1 aromatic heterocycles. The lowest BCUT2D eigenvalue weighted by Gasteiger charge is -2.34. The number of nitrogens with two attached hydrogens (primary N) is 1. The van der Waals surface area contributed by atoms with Gasteiger partial charge in [0.05, 0.1) is 18.8 Å². The molecule has 1 fully saturated rings. The maximum Gasteiger partial charge on any atom is 0.239 e. The second kappa shape index (κ2) is 7.80. The number of aromatic nitrogens is 1. The first-order valence-corrected chi connectivity index (χ1v) is 7.03. The largest absolute Gasteiger partial charge is 0.474 e. The highest BCUT2D eigenvalue weighted by atomic mass is 16.5. The minimum atomic E-state index is 0.421. The average Bonchev–Trinajstić information content (AvgIpc) is 2.51. The minimum Gasteiger partial charge on any atom is -0.474 e. The van der Waals surface area contributed by atoms with Gasteiger partial charge < -0.3 is 24.9 Å². The molecule has 7 nitrogen and oxygen atoms in total. The van der Waals surface area contributed by atoms with Crippen LogP contribution >= 0.6 is 0 Å². The fourth-order valence-corrected chi connectivity index (χ4v) is 2.22. The van der Waals surface area contributed by atoms with Gasteiger partial charge in [-0.25, -0.2) is 0 Å². The van der Waals surface area contributed by atoms with Crippen molar-refractivity contribution in [2.45, 2.75) is 0 Å². The third kappa shape index (κ3) is 4.30. The van der Waals surface area contributed by atoms with Gasteiger partial charge in [0.15, 0.2) is 0 Å². The smallest absolute Gasteiger partial charge is 0.239 e. The van der Waals surface area contributed by atoms with E-state index in [0.717, 1.165) is 38.3 Å². The topological polar surface area (TPSA) is 80.9 Å². The van der Waals surface area contributed by atoms with E-state index in [-0.39, 0.29) is 0 Å². The summed E-state index contributed by atoms with van der Waals surface area (Å²) in [5, 5.41) is 0. The molecule has 2 heterocycles. The molecule has 0 aliphatic carbocycles. The Morgan fingerprint density at radius 2 is 2.05 bits per heavy atom. The minimum absolute atomic E-state index is 0.421. The molecule has 0 radical (unpaired) electrons. The van der Waals surface area contributed by atoms with Crippen LogP contribution in [0.3, 0.4) is 0 Å². The summed E-state index contributed by atoms with van der Waals surface area (Å²) in [6.45, 7) is 4.79. The number of anilines is 2. The van der Waals surface area contributed by atoms with Crippen molar-refractivity contribution in [3.05, 3.63) is 12.1 Å². The van der Waals surface area contributed by atoms with Crippen molar-refractivity contribution >= 4 is 17.8 Å². The van der Waals surface area contributed by atoms with Crippen LogP contribution in [0, 0.1) is 0 Å². The molecule has 21 heavy (non-hydrogen) atoms. The lowest BCUT2D eigenvalue weighted by molar-refractivity contribution is -0.108. The van der Waals surface area contributed by atoms with E-state index < -0.39 is 0 Å². The number of hydrogen-bond acceptors (Lipinski definition) is 7. The van der Waals surface area contributed by atoms with Crippen LogP contribution in [0.5, 0.6) is 5.88 Å². The summed E-state index contributed by atoms with van der Waals surface area (Å²) in [7, 11) is 1.62. The molecule has 1 aliphatic rings. The monoisotopic (exact) mass is 294 g/mol. The summed E-state index contributed by atoms with van der Waals surface area (Å²) < 4.78 is 10.5. The first kappa shape index (κ1) is 15.5. The third-order valence-electron chi connectivity index (χ3n) is 3.43. The summed E-state index contributed by atoms with van der Waals surface area (Å²) in [6, 6.07) is 3.70. The van der Waals surface area contributed by atoms with Crippen LogP contribution < -0.4 is 15.4 Å². The van der Waals surface area contributed by atoms with Gasteiger partial charge in [-0.05, 0) is 12.1 Å². The van der Waals surface area contributed by atoms with Gasteiger partial charge in [0.1, 0.15) is 18.7 Å². The average molecular weight is 294 g/mol. The van der Waals surface area contributed by atoms with Crippen LogP contribution in [-0.4, -0.2) is 69.2 Å². The highest BCUT2D eigenvalue weighted by molar-refractivity contribution is 5.55. The number of nitrogens with zero attached hydrogens (tertiary/aromatic N) is 3. The molecule has 1 saturated heterocycles. The highest BCUT2D eigenvalue weighted by Gasteiger charge is 2.18. The van der Waals surface area contributed by atoms with Crippen molar-refractivity contribution in [1.82, 2.24) is 9.88 Å². The highest BCUT2D eigenvalue weighted by Crippen LogP contribution is 2.23. The van der Waals surface area contributed by atoms with Crippen molar-refractivity contribution in [2.75, 3.05) is 63.7 Å². The molecule has 0 unspecified atom stereocenters. The molecular formula is C14H22N4O3. The Kier molecular flexibility index (Phi) is 5.77. The third-order valence-corrected chi connectivity index (χ3v) is 3.43.